The van der Waals surface area contributed by atoms with Crippen molar-refractivity contribution in [1.82, 2.24) is 13.9 Å². The normalized spacial score (nSPS) is 16.7. The second-order valence-electron chi connectivity index (χ2n) is 7.49. The van der Waals surface area contributed by atoms with Gasteiger partial charge in [0.15, 0.2) is 0 Å². The van der Waals surface area contributed by atoms with Gasteiger partial charge in [-0.1, -0.05) is 0 Å². The molecule has 4 rings (SSSR count). The van der Waals surface area contributed by atoms with E-state index < -0.39 is 21.8 Å². The third kappa shape index (κ3) is 3.59. The number of carboxylic acids is 1. The lowest BCUT2D eigenvalue weighted by molar-refractivity contribution is -0.137. The van der Waals surface area contributed by atoms with E-state index in [1.165, 1.54) is 16.4 Å². The van der Waals surface area contributed by atoms with Gasteiger partial charge in [-0.15, -0.1) is 0 Å². The highest BCUT2D eigenvalue weighted by molar-refractivity contribution is 7.89. The first-order valence-electron chi connectivity index (χ1n) is 9.68. The standard InChI is InChI=1S/C21H22FN3O4S/c1-24(30(28,29)16-5-2-14(22)3-6-16)15-4-7-19-17(12-15)18-13-23-10-8-20(18)25(19)11-9-21(26)27/h2-3,5-6,8,10,13,15H,4,7,9,11-12H2,1H3,(H,26,27). The SMILES string of the molecule is CN(C1CCc2c(c3cnccc3n2CCC(=O)O)C1)S(=O)(=O)c1ccc(F)cc1. The highest BCUT2D eigenvalue weighted by Gasteiger charge is 2.33. The van der Waals surface area contributed by atoms with Gasteiger partial charge in [0.25, 0.3) is 0 Å². The van der Waals surface area contributed by atoms with Crippen LogP contribution < -0.4 is 0 Å². The van der Waals surface area contributed by atoms with Crippen LogP contribution in [0.2, 0.25) is 0 Å². The molecule has 0 fully saturated rings. The van der Waals surface area contributed by atoms with Crippen LogP contribution in [0.1, 0.15) is 24.1 Å². The van der Waals surface area contributed by atoms with Gasteiger partial charge in [0.1, 0.15) is 5.82 Å². The third-order valence-electron chi connectivity index (χ3n) is 5.80. The molecule has 1 N–H and O–H groups in total. The van der Waals surface area contributed by atoms with E-state index in [1.807, 2.05) is 10.6 Å². The largest absolute Gasteiger partial charge is 0.481 e. The Morgan fingerprint density at radius 1 is 1.30 bits per heavy atom. The number of pyridine rings is 1. The van der Waals surface area contributed by atoms with Gasteiger partial charge in [0.05, 0.1) is 16.8 Å². The number of benzene rings is 1. The van der Waals surface area contributed by atoms with Crippen molar-refractivity contribution in [3.05, 3.63) is 59.8 Å². The van der Waals surface area contributed by atoms with Crippen molar-refractivity contribution >= 4 is 26.9 Å². The summed E-state index contributed by atoms with van der Waals surface area (Å²) in [4.78, 5) is 15.3. The molecule has 7 nitrogen and oxygen atoms in total. The fourth-order valence-corrected chi connectivity index (χ4v) is 5.60. The van der Waals surface area contributed by atoms with E-state index in [4.69, 9.17) is 5.11 Å². The minimum atomic E-state index is -3.76. The van der Waals surface area contributed by atoms with E-state index in [9.17, 15) is 17.6 Å². The summed E-state index contributed by atoms with van der Waals surface area (Å²) in [5.74, 6) is -1.35. The lowest BCUT2D eigenvalue weighted by Gasteiger charge is -2.31. The van der Waals surface area contributed by atoms with Crippen LogP contribution in [0, 0.1) is 5.82 Å². The predicted molar refractivity (Wildman–Crippen MR) is 109 cm³/mol. The maximum atomic E-state index is 13.2. The van der Waals surface area contributed by atoms with Crippen LogP contribution in [0.3, 0.4) is 0 Å². The van der Waals surface area contributed by atoms with Gasteiger partial charge < -0.3 is 9.67 Å². The van der Waals surface area contributed by atoms with Crippen LogP contribution in [0.4, 0.5) is 4.39 Å². The number of likely N-dealkylation sites (N-methyl/N-ethyl adjacent to an activating group) is 1. The molecule has 1 unspecified atom stereocenters. The number of carbonyl (C=O) groups is 1. The fraction of sp³-hybridized carbons (Fsp3) is 0.333. The number of aromatic nitrogens is 2. The summed E-state index contributed by atoms with van der Waals surface area (Å²) in [5.41, 5.74) is 2.98. The topological polar surface area (TPSA) is 92.5 Å². The maximum Gasteiger partial charge on any atom is 0.305 e. The van der Waals surface area contributed by atoms with Crippen molar-refractivity contribution in [3.8, 4) is 0 Å². The number of aryl methyl sites for hydroxylation is 1. The molecule has 0 radical (unpaired) electrons. The van der Waals surface area contributed by atoms with Crippen molar-refractivity contribution < 1.29 is 22.7 Å². The van der Waals surface area contributed by atoms with Gasteiger partial charge >= 0.3 is 5.97 Å². The lowest BCUT2D eigenvalue weighted by atomic mass is 9.92. The minimum absolute atomic E-state index is 0.0147. The first-order chi connectivity index (χ1) is 14.3. The molecular weight excluding hydrogens is 409 g/mol. The summed E-state index contributed by atoms with van der Waals surface area (Å²) in [6.45, 7) is 0.361. The van der Waals surface area contributed by atoms with Crippen LogP contribution >= 0.6 is 0 Å². The quantitative estimate of drug-likeness (QED) is 0.648. The molecule has 0 saturated heterocycles. The highest BCUT2D eigenvalue weighted by Crippen LogP contribution is 2.34. The Balaban J connectivity index is 1.67. The molecule has 1 atom stereocenters. The van der Waals surface area contributed by atoms with Crippen molar-refractivity contribution in [2.45, 2.75) is 43.2 Å². The zero-order valence-electron chi connectivity index (χ0n) is 16.5. The van der Waals surface area contributed by atoms with Gasteiger partial charge in [-0.3, -0.25) is 9.78 Å². The average molecular weight is 431 g/mol. The van der Waals surface area contributed by atoms with E-state index in [2.05, 4.69) is 4.98 Å². The predicted octanol–water partition coefficient (Wildman–Crippen LogP) is 2.83. The Morgan fingerprint density at radius 3 is 2.73 bits per heavy atom. The fourth-order valence-electron chi connectivity index (χ4n) is 4.22. The van der Waals surface area contributed by atoms with Gasteiger partial charge in [-0.05, 0) is 55.2 Å². The molecule has 2 heterocycles. The van der Waals surface area contributed by atoms with Crippen molar-refractivity contribution in [2.75, 3.05) is 7.05 Å². The second kappa shape index (κ2) is 7.81. The Bertz CT molecular complexity index is 1200. The summed E-state index contributed by atoms with van der Waals surface area (Å²) in [5, 5.41) is 10.0. The minimum Gasteiger partial charge on any atom is -0.481 e. The number of fused-ring (bicyclic) bond motifs is 3. The highest BCUT2D eigenvalue weighted by atomic mass is 32.2. The first-order valence-corrected chi connectivity index (χ1v) is 11.1. The first kappa shape index (κ1) is 20.5. The van der Waals surface area contributed by atoms with Crippen molar-refractivity contribution in [2.24, 2.45) is 0 Å². The number of nitrogens with zero attached hydrogens (tertiary/aromatic N) is 3. The molecule has 0 aliphatic heterocycles. The molecule has 0 spiro atoms. The number of carboxylic acid groups (broad SMARTS) is 1. The Kier molecular flexibility index (Phi) is 5.33. The Morgan fingerprint density at radius 2 is 2.03 bits per heavy atom. The van der Waals surface area contributed by atoms with E-state index in [1.54, 1.807) is 19.4 Å². The molecule has 1 aromatic carbocycles. The molecule has 30 heavy (non-hydrogen) atoms. The molecule has 1 aliphatic carbocycles. The summed E-state index contributed by atoms with van der Waals surface area (Å²) in [6, 6.07) is 6.44. The molecule has 1 aliphatic rings. The number of aliphatic carboxylic acids is 1. The molecular formula is C21H22FN3O4S. The second-order valence-corrected chi connectivity index (χ2v) is 9.48. The number of rotatable bonds is 6. The zero-order chi connectivity index (χ0) is 21.5. The molecule has 0 bridgehead atoms. The zero-order valence-corrected chi connectivity index (χ0v) is 17.3. The number of sulfonamides is 1. The van der Waals surface area contributed by atoms with E-state index in [-0.39, 0.29) is 17.4 Å². The summed E-state index contributed by atoms with van der Waals surface area (Å²) in [6.07, 6.45) is 5.20. The van der Waals surface area contributed by atoms with Gasteiger partial charge in [0.2, 0.25) is 10.0 Å². The smallest absolute Gasteiger partial charge is 0.305 e. The molecule has 9 heteroatoms. The number of hydrogen-bond donors (Lipinski definition) is 1. The van der Waals surface area contributed by atoms with Crippen LogP contribution in [-0.2, 0) is 34.2 Å². The van der Waals surface area contributed by atoms with Gasteiger partial charge in [-0.2, -0.15) is 4.31 Å². The Hall–Kier alpha value is -2.78. The molecule has 3 aromatic rings. The number of halogens is 1. The average Bonchev–Trinajstić information content (AvgIpc) is 3.05. The van der Waals surface area contributed by atoms with Gasteiger partial charge in [-0.25, -0.2) is 12.8 Å². The maximum absolute atomic E-state index is 13.2. The summed E-state index contributed by atoms with van der Waals surface area (Å²) >= 11 is 0. The lowest BCUT2D eigenvalue weighted by Crippen LogP contribution is -2.40. The Labute approximate surface area is 173 Å². The van der Waals surface area contributed by atoms with Crippen LogP contribution in [0.25, 0.3) is 10.9 Å². The molecule has 0 amide bonds. The van der Waals surface area contributed by atoms with E-state index in [0.717, 1.165) is 34.3 Å². The van der Waals surface area contributed by atoms with E-state index >= 15 is 0 Å². The van der Waals surface area contributed by atoms with E-state index in [0.29, 0.717) is 25.8 Å². The van der Waals surface area contributed by atoms with Crippen LogP contribution in [-0.4, -0.2) is 46.4 Å². The van der Waals surface area contributed by atoms with Gasteiger partial charge in [0, 0.05) is 43.1 Å². The molecule has 2 aromatic heterocycles. The third-order valence-corrected chi connectivity index (χ3v) is 7.72. The summed E-state index contributed by atoms with van der Waals surface area (Å²) in [7, 11) is -2.21. The van der Waals surface area contributed by atoms with Crippen LogP contribution in [0.5, 0.6) is 0 Å². The van der Waals surface area contributed by atoms with Crippen LogP contribution in [0.15, 0.2) is 47.6 Å². The monoisotopic (exact) mass is 431 g/mol. The molecule has 158 valence electrons. The van der Waals surface area contributed by atoms with Crippen molar-refractivity contribution in [3.63, 3.8) is 0 Å². The van der Waals surface area contributed by atoms with Crippen molar-refractivity contribution in [1.29, 1.82) is 0 Å². The molecule has 0 saturated carbocycles. The number of hydrogen-bond acceptors (Lipinski definition) is 4. The summed E-state index contributed by atoms with van der Waals surface area (Å²) < 4.78 is 42.6.